The summed E-state index contributed by atoms with van der Waals surface area (Å²) >= 11 is 0. The SMILES string of the molecule is CCOc1ccc(OCC)c(C(C)NCC(C)O)c1. The minimum Gasteiger partial charge on any atom is -0.494 e. The lowest BCUT2D eigenvalue weighted by Crippen LogP contribution is -2.27. The minimum absolute atomic E-state index is 0.0940. The third-order valence-electron chi connectivity index (χ3n) is 2.78. The average Bonchev–Trinajstić information content (AvgIpc) is 2.38. The molecule has 0 saturated heterocycles. The summed E-state index contributed by atoms with van der Waals surface area (Å²) in [5.74, 6) is 1.70. The highest BCUT2D eigenvalue weighted by atomic mass is 16.5. The van der Waals surface area contributed by atoms with Crippen LogP contribution in [0.1, 0.15) is 39.3 Å². The number of ether oxygens (including phenoxy) is 2. The Hall–Kier alpha value is -1.26. The summed E-state index contributed by atoms with van der Waals surface area (Å²) in [5, 5.41) is 12.6. The number of hydrogen-bond donors (Lipinski definition) is 2. The summed E-state index contributed by atoms with van der Waals surface area (Å²) in [5.41, 5.74) is 1.05. The third kappa shape index (κ3) is 5.09. The number of nitrogens with one attached hydrogen (secondary N) is 1. The van der Waals surface area contributed by atoms with Crippen LogP contribution in [0.25, 0.3) is 0 Å². The molecule has 0 bridgehead atoms. The van der Waals surface area contributed by atoms with Gasteiger partial charge in [-0.05, 0) is 45.9 Å². The first kappa shape index (κ1) is 15.8. The number of hydrogen-bond acceptors (Lipinski definition) is 4. The molecule has 4 heteroatoms. The maximum atomic E-state index is 9.34. The van der Waals surface area contributed by atoms with Crippen molar-refractivity contribution in [2.45, 2.75) is 39.8 Å². The molecule has 2 unspecified atom stereocenters. The van der Waals surface area contributed by atoms with E-state index in [0.29, 0.717) is 19.8 Å². The lowest BCUT2D eigenvalue weighted by atomic mass is 10.1. The summed E-state index contributed by atoms with van der Waals surface area (Å²) in [7, 11) is 0. The fourth-order valence-corrected chi connectivity index (χ4v) is 1.87. The van der Waals surface area contributed by atoms with Crippen LogP contribution in [-0.2, 0) is 0 Å². The molecule has 0 radical (unpaired) electrons. The zero-order valence-corrected chi connectivity index (χ0v) is 12.3. The molecule has 0 amide bonds. The maximum absolute atomic E-state index is 9.34. The topological polar surface area (TPSA) is 50.7 Å². The van der Waals surface area contributed by atoms with Gasteiger partial charge in [0, 0.05) is 18.2 Å². The van der Waals surface area contributed by atoms with Crippen molar-refractivity contribution in [2.24, 2.45) is 0 Å². The maximum Gasteiger partial charge on any atom is 0.124 e. The first-order valence-electron chi connectivity index (χ1n) is 6.89. The fourth-order valence-electron chi connectivity index (χ4n) is 1.87. The predicted molar refractivity (Wildman–Crippen MR) is 76.9 cm³/mol. The minimum atomic E-state index is -0.368. The number of aliphatic hydroxyl groups is 1. The van der Waals surface area contributed by atoms with Gasteiger partial charge in [0.1, 0.15) is 11.5 Å². The second-order valence-electron chi connectivity index (χ2n) is 4.54. The average molecular weight is 267 g/mol. The molecule has 0 spiro atoms. The summed E-state index contributed by atoms with van der Waals surface area (Å²) < 4.78 is 11.2. The second kappa shape index (κ2) is 8.02. The van der Waals surface area contributed by atoms with Gasteiger partial charge in [0.2, 0.25) is 0 Å². The summed E-state index contributed by atoms with van der Waals surface area (Å²) in [6.07, 6.45) is -0.368. The van der Waals surface area contributed by atoms with Crippen LogP contribution in [-0.4, -0.2) is 31.0 Å². The van der Waals surface area contributed by atoms with Crippen molar-refractivity contribution in [2.75, 3.05) is 19.8 Å². The standard InChI is InChI=1S/C15H25NO3/c1-5-18-13-7-8-15(19-6-2)14(9-13)12(4)16-10-11(3)17/h7-9,11-12,16-17H,5-6,10H2,1-4H3. The molecule has 0 aliphatic rings. The van der Waals surface area contributed by atoms with E-state index >= 15 is 0 Å². The molecule has 4 nitrogen and oxygen atoms in total. The monoisotopic (exact) mass is 267 g/mol. The Kier molecular flexibility index (Phi) is 6.67. The Morgan fingerprint density at radius 2 is 1.84 bits per heavy atom. The van der Waals surface area contributed by atoms with Crippen molar-refractivity contribution in [3.8, 4) is 11.5 Å². The van der Waals surface area contributed by atoms with Crippen molar-refractivity contribution >= 4 is 0 Å². The van der Waals surface area contributed by atoms with Gasteiger partial charge in [-0.2, -0.15) is 0 Å². The van der Waals surface area contributed by atoms with Crippen LogP contribution in [0.4, 0.5) is 0 Å². The Morgan fingerprint density at radius 3 is 2.42 bits per heavy atom. The van der Waals surface area contributed by atoms with E-state index < -0.39 is 0 Å². The van der Waals surface area contributed by atoms with E-state index in [1.165, 1.54) is 0 Å². The molecular formula is C15H25NO3. The molecule has 0 saturated carbocycles. The third-order valence-corrected chi connectivity index (χ3v) is 2.78. The highest BCUT2D eigenvalue weighted by Crippen LogP contribution is 2.29. The van der Waals surface area contributed by atoms with E-state index in [2.05, 4.69) is 12.2 Å². The number of aliphatic hydroxyl groups excluding tert-OH is 1. The first-order chi connectivity index (χ1) is 9.08. The van der Waals surface area contributed by atoms with Crippen LogP contribution in [0, 0.1) is 0 Å². The highest BCUT2D eigenvalue weighted by Gasteiger charge is 2.13. The molecule has 1 rings (SSSR count). The van der Waals surface area contributed by atoms with Gasteiger partial charge in [-0.1, -0.05) is 0 Å². The summed E-state index contributed by atoms with van der Waals surface area (Å²) in [6.45, 7) is 9.56. The summed E-state index contributed by atoms with van der Waals surface area (Å²) in [4.78, 5) is 0. The van der Waals surface area contributed by atoms with Gasteiger partial charge in [-0.3, -0.25) is 0 Å². The van der Waals surface area contributed by atoms with Gasteiger partial charge in [0.15, 0.2) is 0 Å². The van der Waals surface area contributed by atoms with Crippen LogP contribution >= 0.6 is 0 Å². The van der Waals surface area contributed by atoms with Crippen molar-refractivity contribution in [3.05, 3.63) is 23.8 Å². The van der Waals surface area contributed by atoms with Crippen LogP contribution in [0.5, 0.6) is 11.5 Å². The quantitative estimate of drug-likeness (QED) is 0.760. The van der Waals surface area contributed by atoms with E-state index in [4.69, 9.17) is 9.47 Å². The predicted octanol–water partition coefficient (Wildman–Crippen LogP) is 2.52. The number of rotatable bonds is 8. The first-order valence-corrected chi connectivity index (χ1v) is 6.89. The largest absolute Gasteiger partial charge is 0.494 e. The van der Waals surface area contributed by atoms with Gasteiger partial charge < -0.3 is 19.9 Å². The van der Waals surface area contributed by atoms with Crippen molar-refractivity contribution in [1.29, 1.82) is 0 Å². The normalized spacial score (nSPS) is 13.9. The molecule has 1 aromatic rings. The molecule has 2 N–H and O–H groups in total. The second-order valence-corrected chi connectivity index (χ2v) is 4.54. The van der Waals surface area contributed by atoms with E-state index in [1.54, 1.807) is 6.92 Å². The summed E-state index contributed by atoms with van der Waals surface area (Å²) in [6, 6.07) is 5.94. The molecule has 1 aromatic carbocycles. The van der Waals surface area contributed by atoms with E-state index in [-0.39, 0.29) is 12.1 Å². The molecule has 0 fully saturated rings. The van der Waals surface area contributed by atoms with Gasteiger partial charge in [-0.25, -0.2) is 0 Å². The lowest BCUT2D eigenvalue weighted by molar-refractivity contribution is 0.186. The van der Waals surface area contributed by atoms with Crippen molar-refractivity contribution < 1.29 is 14.6 Å². The molecule has 0 aliphatic carbocycles. The van der Waals surface area contributed by atoms with E-state index in [1.807, 2.05) is 32.0 Å². The Bertz CT molecular complexity index is 380. The van der Waals surface area contributed by atoms with E-state index in [0.717, 1.165) is 17.1 Å². The van der Waals surface area contributed by atoms with Crippen LogP contribution in [0.2, 0.25) is 0 Å². The molecule has 0 heterocycles. The molecule has 108 valence electrons. The zero-order chi connectivity index (χ0) is 14.3. The Labute approximate surface area is 115 Å². The molecule has 2 atom stereocenters. The van der Waals surface area contributed by atoms with Gasteiger partial charge >= 0.3 is 0 Å². The fraction of sp³-hybridized carbons (Fsp3) is 0.600. The van der Waals surface area contributed by atoms with Crippen LogP contribution < -0.4 is 14.8 Å². The lowest BCUT2D eigenvalue weighted by Gasteiger charge is -2.20. The number of benzene rings is 1. The zero-order valence-electron chi connectivity index (χ0n) is 12.3. The van der Waals surface area contributed by atoms with Crippen molar-refractivity contribution in [1.82, 2.24) is 5.32 Å². The van der Waals surface area contributed by atoms with Gasteiger partial charge in [0.25, 0.3) is 0 Å². The Balaban J connectivity index is 2.88. The van der Waals surface area contributed by atoms with Crippen molar-refractivity contribution in [3.63, 3.8) is 0 Å². The van der Waals surface area contributed by atoms with E-state index in [9.17, 15) is 5.11 Å². The molecule has 0 aliphatic heterocycles. The van der Waals surface area contributed by atoms with Crippen LogP contribution in [0.3, 0.4) is 0 Å². The highest BCUT2D eigenvalue weighted by molar-refractivity contribution is 5.42. The van der Waals surface area contributed by atoms with Crippen LogP contribution in [0.15, 0.2) is 18.2 Å². The van der Waals surface area contributed by atoms with Gasteiger partial charge in [0.05, 0.1) is 19.3 Å². The molecule has 19 heavy (non-hydrogen) atoms. The molecule has 0 aromatic heterocycles. The van der Waals surface area contributed by atoms with Gasteiger partial charge in [-0.15, -0.1) is 0 Å². The smallest absolute Gasteiger partial charge is 0.124 e. The Morgan fingerprint density at radius 1 is 1.16 bits per heavy atom. The molecular weight excluding hydrogens is 242 g/mol.